The molecule has 1 rings (SSSR count). The fraction of sp³-hybridized carbons (Fsp3) is 0.643. The largest absolute Gasteiger partial charge is 0.353 e. The molecule has 1 aromatic rings. The van der Waals surface area contributed by atoms with Gasteiger partial charge in [-0.05, 0) is 32.4 Å². The third kappa shape index (κ3) is 5.58. The van der Waals surface area contributed by atoms with E-state index in [4.69, 9.17) is 9.47 Å². The highest BCUT2D eigenvalue weighted by Crippen LogP contribution is 2.10. The van der Waals surface area contributed by atoms with Crippen LogP contribution in [0.5, 0.6) is 0 Å². The molecule has 1 atom stereocenters. The summed E-state index contributed by atoms with van der Waals surface area (Å²) in [4.78, 5) is 4.12. The first-order valence-electron chi connectivity index (χ1n) is 6.64. The van der Waals surface area contributed by atoms with Crippen LogP contribution in [0.3, 0.4) is 0 Å². The average Bonchev–Trinajstić information content (AvgIpc) is 2.40. The maximum atomic E-state index is 5.50. The van der Waals surface area contributed by atoms with Crippen LogP contribution in [-0.2, 0) is 9.47 Å². The zero-order valence-corrected chi connectivity index (χ0v) is 11.6. The standard InChI is InChI=1S/C14H24N2O2/c1-4-17-14(18-5-2)8-10-16-12(3)13-7-6-9-15-11-13/h6-7,9,11-12,14,16H,4-5,8,10H2,1-3H3/t12-/m1/s1. The molecule has 0 fully saturated rings. The molecule has 0 aliphatic carbocycles. The van der Waals surface area contributed by atoms with Crippen LogP contribution >= 0.6 is 0 Å². The smallest absolute Gasteiger partial charge is 0.158 e. The minimum Gasteiger partial charge on any atom is -0.353 e. The quantitative estimate of drug-likeness (QED) is 0.686. The maximum absolute atomic E-state index is 5.50. The van der Waals surface area contributed by atoms with Crippen LogP contribution in [-0.4, -0.2) is 31.0 Å². The van der Waals surface area contributed by atoms with E-state index in [-0.39, 0.29) is 6.29 Å². The second kappa shape index (κ2) is 9.03. The van der Waals surface area contributed by atoms with Crippen LogP contribution in [0.4, 0.5) is 0 Å². The predicted octanol–water partition coefficient (Wildman–Crippen LogP) is 2.52. The van der Waals surface area contributed by atoms with E-state index in [9.17, 15) is 0 Å². The Balaban J connectivity index is 2.27. The molecule has 0 saturated carbocycles. The highest BCUT2D eigenvalue weighted by atomic mass is 16.7. The van der Waals surface area contributed by atoms with Gasteiger partial charge in [-0.3, -0.25) is 4.98 Å². The molecule has 0 unspecified atom stereocenters. The zero-order chi connectivity index (χ0) is 13.2. The molecule has 1 aromatic heterocycles. The summed E-state index contributed by atoms with van der Waals surface area (Å²) in [5, 5.41) is 3.45. The van der Waals surface area contributed by atoms with E-state index in [1.807, 2.05) is 26.1 Å². The van der Waals surface area contributed by atoms with Gasteiger partial charge in [0, 0.05) is 44.6 Å². The van der Waals surface area contributed by atoms with Crippen molar-refractivity contribution in [2.24, 2.45) is 0 Å². The van der Waals surface area contributed by atoms with Crippen LogP contribution in [0, 0.1) is 0 Å². The summed E-state index contributed by atoms with van der Waals surface area (Å²) in [5.41, 5.74) is 1.20. The number of nitrogens with one attached hydrogen (secondary N) is 1. The molecular formula is C14H24N2O2. The first kappa shape index (κ1) is 15.1. The third-order valence-corrected chi connectivity index (χ3v) is 2.72. The molecule has 0 aromatic carbocycles. The molecule has 0 bridgehead atoms. The van der Waals surface area contributed by atoms with Gasteiger partial charge in [-0.1, -0.05) is 6.07 Å². The van der Waals surface area contributed by atoms with Crippen molar-refractivity contribution in [2.45, 2.75) is 39.5 Å². The maximum Gasteiger partial charge on any atom is 0.158 e. The van der Waals surface area contributed by atoms with Crippen molar-refractivity contribution in [3.8, 4) is 0 Å². The van der Waals surface area contributed by atoms with E-state index in [0.29, 0.717) is 19.3 Å². The van der Waals surface area contributed by atoms with E-state index >= 15 is 0 Å². The molecule has 102 valence electrons. The topological polar surface area (TPSA) is 43.4 Å². The molecule has 0 aliphatic heterocycles. The summed E-state index contributed by atoms with van der Waals surface area (Å²) in [6.45, 7) is 8.33. The number of hydrogen-bond acceptors (Lipinski definition) is 4. The number of aromatic nitrogens is 1. The van der Waals surface area contributed by atoms with Gasteiger partial charge in [0.25, 0.3) is 0 Å². The highest BCUT2D eigenvalue weighted by Gasteiger charge is 2.09. The fourth-order valence-electron chi connectivity index (χ4n) is 1.75. The molecular weight excluding hydrogens is 228 g/mol. The number of pyridine rings is 1. The Morgan fingerprint density at radius 3 is 2.56 bits per heavy atom. The summed E-state index contributed by atoms with van der Waals surface area (Å²) in [6, 6.07) is 4.33. The monoisotopic (exact) mass is 252 g/mol. The lowest BCUT2D eigenvalue weighted by Crippen LogP contribution is -2.26. The minimum absolute atomic E-state index is 0.103. The summed E-state index contributed by atoms with van der Waals surface area (Å²) >= 11 is 0. The third-order valence-electron chi connectivity index (χ3n) is 2.72. The molecule has 0 radical (unpaired) electrons. The van der Waals surface area contributed by atoms with Crippen molar-refractivity contribution in [2.75, 3.05) is 19.8 Å². The van der Waals surface area contributed by atoms with Crippen LogP contribution in [0.25, 0.3) is 0 Å². The van der Waals surface area contributed by atoms with Crippen LogP contribution < -0.4 is 5.32 Å². The number of rotatable bonds is 9. The Labute approximate surface area is 110 Å². The van der Waals surface area contributed by atoms with Crippen molar-refractivity contribution in [3.05, 3.63) is 30.1 Å². The molecule has 4 heteroatoms. The van der Waals surface area contributed by atoms with Crippen molar-refractivity contribution < 1.29 is 9.47 Å². The first-order valence-corrected chi connectivity index (χ1v) is 6.64. The summed E-state index contributed by atoms with van der Waals surface area (Å²) in [5.74, 6) is 0. The van der Waals surface area contributed by atoms with Gasteiger partial charge in [-0.2, -0.15) is 0 Å². The van der Waals surface area contributed by atoms with E-state index in [1.54, 1.807) is 6.20 Å². The molecule has 1 heterocycles. The van der Waals surface area contributed by atoms with Gasteiger partial charge >= 0.3 is 0 Å². The van der Waals surface area contributed by atoms with Gasteiger partial charge in [-0.15, -0.1) is 0 Å². The summed E-state index contributed by atoms with van der Waals surface area (Å²) in [7, 11) is 0. The zero-order valence-electron chi connectivity index (χ0n) is 11.6. The van der Waals surface area contributed by atoms with Gasteiger partial charge in [0.2, 0.25) is 0 Å². The first-order chi connectivity index (χ1) is 8.77. The highest BCUT2D eigenvalue weighted by molar-refractivity contribution is 5.12. The molecule has 4 nitrogen and oxygen atoms in total. The molecule has 0 spiro atoms. The Morgan fingerprint density at radius 2 is 2.00 bits per heavy atom. The normalized spacial score (nSPS) is 12.9. The van der Waals surface area contributed by atoms with E-state index in [0.717, 1.165) is 13.0 Å². The van der Waals surface area contributed by atoms with Crippen molar-refractivity contribution in [1.29, 1.82) is 0 Å². The van der Waals surface area contributed by atoms with Gasteiger partial charge in [0.1, 0.15) is 0 Å². The SMILES string of the molecule is CCOC(CCN[C@H](C)c1cccnc1)OCC. The van der Waals surface area contributed by atoms with E-state index < -0.39 is 0 Å². The minimum atomic E-state index is -0.103. The van der Waals surface area contributed by atoms with E-state index in [2.05, 4.69) is 23.3 Å². The lowest BCUT2D eigenvalue weighted by molar-refractivity contribution is -0.138. The predicted molar refractivity (Wildman–Crippen MR) is 72.3 cm³/mol. The second-order valence-corrected chi connectivity index (χ2v) is 4.09. The van der Waals surface area contributed by atoms with Crippen molar-refractivity contribution >= 4 is 0 Å². The van der Waals surface area contributed by atoms with Crippen molar-refractivity contribution in [1.82, 2.24) is 10.3 Å². The molecule has 0 aliphatic rings. The molecule has 18 heavy (non-hydrogen) atoms. The van der Waals surface area contributed by atoms with Gasteiger partial charge < -0.3 is 14.8 Å². The Kier molecular flexibility index (Phi) is 7.57. The van der Waals surface area contributed by atoms with Crippen molar-refractivity contribution in [3.63, 3.8) is 0 Å². The molecule has 0 saturated heterocycles. The Morgan fingerprint density at radius 1 is 1.28 bits per heavy atom. The lowest BCUT2D eigenvalue weighted by Gasteiger charge is -2.19. The van der Waals surface area contributed by atoms with Gasteiger partial charge in [0.05, 0.1) is 0 Å². The van der Waals surface area contributed by atoms with Gasteiger partial charge in [-0.25, -0.2) is 0 Å². The summed E-state index contributed by atoms with van der Waals surface area (Å²) < 4.78 is 11.0. The second-order valence-electron chi connectivity index (χ2n) is 4.09. The number of hydrogen-bond donors (Lipinski definition) is 1. The fourth-order valence-corrected chi connectivity index (χ4v) is 1.75. The lowest BCUT2D eigenvalue weighted by atomic mass is 10.1. The number of nitrogens with zero attached hydrogens (tertiary/aromatic N) is 1. The van der Waals surface area contributed by atoms with E-state index in [1.165, 1.54) is 5.56 Å². The Bertz CT molecular complexity index is 300. The number of ether oxygens (including phenoxy) is 2. The van der Waals surface area contributed by atoms with Crippen LogP contribution in [0.15, 0.2) is 24.5 Å². The summed E-state index contributed by atoms with van der Waals surface area (Å²) in [6.07, 6.45) is 4.43. The Hall–Kier alpha value is -0.970. The molecule has 0 amide bonds. The average molecular weight is 252 g/mol. The van der Waals surface area contributed by atoms with Gasteiger partial charge in [0.15, 0.2) is 6.29 Å². The van der Waals surface area contributed by atoms with Crippen LogP contribution in [0.2, 0.25) is 0 Å². The molecule has 1 N–H and O–H groups in total. The van der Waals surface area contributed by atoms with Crippen LogP contribution in [0.1, 0.15) is 38.8 Å².